The molecule has 0 radical (unpaired) electrons. The zero-order valence-electron chi connectivity index (χ0n) is 10.1. The molecule has 0 unspecified atom stereocenters. The SMILES string of the molecule is O=C1C(Br)=CC2(C=C1Br)Cc1cc(CO)cc(Br)c1O2. The first-order chi connectivity index (χ1) is 9.44. The molecule has 1 aromatic rings. The van der Waals surface area contributed by atoms with Crippen LogP contribution in [0.4, 0.5) is 0 Å². The number of aliphatic hydroxyl groups is 1. The highest BCUT2D eigenvalue weighted by molar-refractivity contribution is 9.13. The molecular weight excluding hydrogens is 456 g/mol. The van der Waals surface area contributed by atoms with Crippen molar-refractivity contribution in [2.45, 2.75) is 18.6 Å². The van der Waals surface area contributed by atoms with E-state index >= 15 is 0 Å². The number of Topliss-reactive ketones (excluding diaryl/α,β-unsaturated/α-hetero) is 1. The molecular formula is C14H9Br3O3. The molecule has 3 nitrogen and oxygen atoms in total. The first kappa shape index (κ1) is 14.5. The number of carbonyl (C=O) groups excluding carboxylic acids is 1. The summed E-state index contributed by atoms with van der Waals surface area (Å²) in [6.45, 7) is -0.0174. The number of halogens is 3. The Morgan fingerprint density at radius 1 is 1.20 bits per heavy atom. The average molecular weight is 465 g/mol. The Bertz CT molecular complexity index is 654. The van der Waals surface area contributed by atoms with Crippen molar-refractivity contribution in [1.29, 1.82) is 0 Å². The van der Waals surface area contributed by atoms with E-state index < -0.39 is 5.60 Å². The van der Waals surface area contributed by atoms with Crippen LogP contribution in [-0.2, 0) is 17.8 Å². The van der Waals surface area contributed by atoms with Gasteiger partial charge in [-0.1, -0.05) is 0 Å². The predicted octanol–water partition coefficient (Wildman–Crippen LogP) is 3.76. The fourth-order valence-electron chi connectivity index (χ4n) is 2.45. The van der Waals surface area contributed by atoms with Gasteiger partial charge in [0.15, 0.2) is 5.60 Å². The maximum atomic E-state index is 11.8. The van der Waals surface area contributed by atoms with Gasteiger partial charge in [0.05, 0.1) is 20.0 Å². The molecule has 2 aliphatic rings. The number of ketones is 1. The zero-order chi connectivity index (χ0) is 14.5. The van der Waals surface area contributed by atoms with Crippen LogP contribution in [0.3, 0.4) is 0 Å². The molecule has 0 saturated carbocycles. The van der Waals surface area contributed by atoms with Crippen molar-refractivity contribution in [3.8, 4) is 5.75 Å². The molecule has 1 heterocycles. The molecule has 0 bridgehead atoms. The van der Waals surface area contributed by atoms with Crippen molar-refractivity contribution in [3.63, 3.8) is 0 Å². The van der Waals surface area contributed by atoms with Crippen molar-refractivity contribution >= 4 is 53.6 Å². The number of allylic oxidation sites excluding steroid dienone is 2. The minimum atomic E-state index is -0.662. The summed E-state index contributed by atoms with van der Waals surface area (Å²) in [7, 11) is 0. The highest BCUT2D eigenvalue weighted by Crippen LogP contribution is 2.45. The Kier molecular flexibility index (Phi) is 3.69. The lowest BCUT2D eigenvalue weighted by molar-refractivity contribution is -0.111. The van der Waals surface area contributed by atoms with Crippen LogP contribution in [0.5, 0.6) is 5.75 Å². The summed E-state index contributed by atoms with van der Waals surface area (Å²) in [5.74, 6) is 0.662. The number of ether oxygens (including phenoxy) is 1. The van der Waals surface area contributed by atoms with Gasteiger partial charge in [-0.15, -0.1) is 0 Å². The molecule has 1 spiro atoms. The minimum Gasteiger partial charge on any atom is -0.477 e. The predicted molar refractivity (Wildman–Crippen MR) is 86.2 cm³/mol. The van der Waals surface area contributed by atoms with Gasteiger partial charge in [0, 0.05) is 12.0 Å². The van der Waals surface area contributed by atoms with Gasteiger partial charge in [-0.2, -0.15) is 0 Å². The third-order valence-corrected chi connectivity index (χ3v) is 5.06. The van der Waals surface area contributed by atoms with E-state index in [1.807, 2.05) is 12.1 Å². The summed E-state index contributed by atoms with van der Waals surface area (Å²) >= 11 is 10.0. The zero-order valence-corrected chi connectivity index (χ0v) is 14.9. The third-order valence-electron chi connectivity index (χ3n) is 3.30. The first-order valence-electron chi connectivity index (χ1n) is 5.87. The van der Waals surface area contributed by atoms with E-state index in [1.54, 1.807) is 12.2 Å². The van der Waals surface area contributed by atoms with Crippen molar-refractivity contribution in [1.82, 2.24) is 0 Å². The topological polar surface area (TPSA) is 46.5 Å². The van der Waals surface area contributed by atoms with Gasteiger partial charge in [0.1, 0.15) is 5.75 Å². The van der Waals surface area contributed by atoms with Crippen molar-refractivity contribution in [3.05, 3.63) is 48.8 Å². The second-order valence-corrected chi connectivity index (χ2v) is 7.33. The monoisotopic (exact) mass is 462 g/mol. The third kappa shape index (κ3) is 2.32. The van der Waals surface area contributed by atoms with Crippen LogP contribution in [0, 0.1) is 0 Å². The smallest absolute Gasteiger partial charge is 0.206 e. The Hall–Kier alpha value is -0.430. The highest BCUT2D eigenvalue weighted by atomic mass is 79.9. The molecule has 3 rings (SSSR count). The summed E-state index contributed by atoms with van der Waals surface area (Å²) in [5.41, 5.74) is 1.17. The highest BCUT2D eigenvalue weighted by Gasteiger charge is 2.41. The number of hydrogen-bond acceptors (Lipinski definition) is 3. The average Bonchev–Trinajstić information content (AvgIpc) is 2.74. The summed E-state index contributed by atoms with van der Waals surface area (Å²) < 4.78 is 7.84. The Balaban J connectivity index is 2.06. The van der Waals surface area contributed by atoms with Crippen LogP contribution in [0.2, 0.25) is 0 Å². The summed E-state index contributed by atoms with van der Waals surface area (Å²) in [6, 6.07) is 3.76. The van der Waals surface area contributed by atoms with E-state index in [0.29, 0.717) is 15.4 Å². The van der Waals surface area contributed by atoms with Crippen molar-refractivity contribution in [2.24, 2.45) is 0 Å². The van der Waals surface area contributed by atoms with E-state index in [9.17, 15) is 9.90 Å². The van der Waals surface area contributed by atoms with Gasteiger partial charge in [-0.25, -0.2) is 0 Å². The van der Waals surface area contributed by atoms with Crippen LogP contribution in [0.25, 0.3) is 0 Å². The lowest BCUT2D eigenvalue weighted by Crippen LogP contribution is -2.33. The first-order valence-corrected chi connectivity index (χ1v) is 8.24. The maximum absolute atomic E-state index is 11.8. The van der Waals surface area contributed by atoms with E-state index in [0.717, 1.165) is 21.3 Å². The number of benzene rings is 1. The van der Waals surface area contributed by atoms with Crippen LogP contribution < -0.4 is 4.74 Å². The Morgan fingerprint density at radius 2 is 1.85 bits per heavy atom. The van der Waals surface area contributed by atoms with Crippen LogP contribution in [-0.4, -0.2) is 16.5 Å². The van der Waals surface area contributed by atoms with Crippen LogP contribution in [0.1, 0.15) is 11.1 Å². The molecule has 104 valence electrons. The fraction of sp³-hybridized carbons (Fsp3) is 0.214. The molecule has 0 fully saturated rings. The van der Waals surface area contributed by atoms with E-state index in [4.69, 9.17) is 4.74 Å². The molecule has 0 atom stereocenters. The number of aliphatic hydroxyl groups excluding tert-OH is 1. The lowest BCUT2D eigenvalue weighted by atomic mass is 9.92. The van der Waals surface area contributed by atoms with Gasteiger partial charge in [0.25, 0.3) is 0 Å². The quantitative estimate of drug-likeness (QED) is 0.688. The molecule has 1 aliphatic carbocycles. The normalized spacial score (nSPS) is 19.5. The van der Waals surface area contributed by atoms with Crippen molar-refractivity contribution < 1.29 is 14.6 Å². The number of rotatable bonds is 1. The molecule has 0 amide bonds. The Labute approximate surface area is 141 Å². The molecule has 0 aromatic heterocycles. The second kappa shape index (κ2) is 5.09. The minimum absolute atomic E-state index is 0.0174. The molecule has 1 aliphatic heterocycles. The van der Waals surface area contributed by atoms with Gasteiger partial charge >= 0.3 is 0 Å². The Morgan fingerprint density at radius 3 is 2.45 bits per heavy atom. The van der Waals surface area contributed by atoms with Crippen LogP contribution >= 0.6 is 47.8 Å². The van der Waals surface area contributed by atoms with Crippen LogP contribution in [0.15, 0.2) is 37.7 Å². The van der Waals surface area contributed by atoms with E-state index in [1.165, 1.54) is 0 Å². The molecule has 6 heteroatoms. The number of fused-ring (bicyclic) bond motifs is 1. The largest absolute Gasteiger partial charge is 0.477 e. The molecule has 20 heavy (non-hydrogen) atoms. The fourth-order valence-corrected chi connectivity index (χ4v) is 4.55. The van der Waals surface area contributed by atoms with Gasteiger partial charge in [0.2, 0.25) is 5.78 Å². The van der Waals surface area contributed by atoms with E-state index in [-0.39, 0.29) is 12.4 Å². The molecule has 1 aromatic carbocycles. The molecule has 0 saturated heterocycles. The summed E-state index contributed by atoms with van der Waals surface area (Å²) in [6.07, 6.45) is 4.18. The van der Waals surface area contributed by atoms with Crippen molar-refractivity contribution in [2.75, 3.05) is 0 Å². The maximum Gasteiger partial charge on any atom is 0.206 e. The lowest BCUT2D eigenvalue weighted by Gasteiger charge is -2.25. The summed E-state index contributed by atoms with van der Waals surface area (Å²) in [5, 5.41) is 9.27. The number of carbonyl (C=O) groups is 1. The standard InChI is InChI=1S/C14H9Br3O3/c15-9-2-7(6-18)1-8-3-14(20-13(8)9)4-10(16)12(19)11(17)5-14/h1-2,4-5,18H,3,6H2. The van der Waals surface area contributed by atoms with Gasteiger partial charge in [-0.3, -0.25) is 4.79 Å². The number of hydrogen-bond donors (Lipinski definition) is 1. The summed E-state index contributed by atoms with van der Waals surface area (Å²) in [4.78, 5) is 11.8. The molecule has 1 N–H and O–H groups in total. The van der Waals surface area contributed by atoms with E-state index in [2.05, 4.69) is 47.8 Å². The van der Waals surface area contributed by atoms with Gasteiger partial charge < -0.3 is 9.84 Å². The second-order valence-electron chi connectivity index (χ2n) is 4.77. The van der Waals surface area contributed by atoms with Gasteiger partial charge in [-0.05, 0) is 77.6 Å².